The van der Waals surface area contributed by atoms with Gasteiger partial charge in [0.2, 0.25) is 0 Å². The summed E-state index contributed by atoms with van der Waals surface area (Å²) in [6.45, 7) is 7.39. The summed E-state index contributed by atoms with van der Waals surface area (Å²) in [7, 11) is 0. The van der Waals surface area contributed by atoms with Gasteiger partial charge in [-0.1, -0.05) is 0 Å². The second-order valence-corrected chi connectivity index (χ2v) is 5.60. The van der Waals surface area contributed by atoms with Crippen LogP contribution in [-0.4, -0.2) is 43.2 Å². The highest BCUT2D eigenvalue weighted by Gasteiger charge is 2.14. The van der Waals surface area contributed by atoms with Crippen LogP contribution in [-0.2, 0) is 4.74 Å². The molecule has 21 heavy (non-hydrogen) atoms. The number of anilines is 1. The van der Waals surface area contributed by atoms with Gasteiger partial charge >= 0.3 is 5.97 Å². The largest absolute Gasteiger partial charge is 0.490 e. The maximum Gasteiger partial charge on any atom is 0.338 e. The number of likely N-dealkylation sites (tertiary alicyclic amines) is 1. The fraction of sp³-hybridized carbons (Fsp3) is 0.562. The maximum absolute atomic E-state index is 11.9. The Morgan fingerprint density at radius 2 is 2.05 bits per heavy atom. The molecule has 1 aliphatic heterocycles. The number of benzene rings is 1. The molecule has 0 amide bonds. The van der Waals surface area contributed by atoms with Gasteiger partial charge in [0.15, 0.2) is 0 Å². The summed E-state index contributed by atoms with van der Waals surface area (Å²) in [5, 5.41) is 0. The van der Waals surface area contributed by atoms with Gasteiger partial charge in [0.25, 0.3) is 0 Å². The molecule has 2 rings (SSSR count). The first-order valence-corrected chi connectivity index (χ1v) is 7.52. The van der Waals surface area contributed by atoms with Gasteiger partial charge in [0.05, 0.1) is 17.4 Å². The predicted molar refractivity (Wildman–Crippen MR) is 82.6 cm³/mol. The Balaban J connectivity index is 1.93. The number of nitrogen functional groups attached to an aromatic ring is 1. The van der Waals surface area contributed by atoms with Crippen molar-refractivity contribution < 1.29 is 14.3 Å². The van der Waals surface area contributed by atoms with E-state index >= 15 is 0 Å². The van der Waals surface area contributed by atoms with Crippen LogP contribution < -0.4 is 10.5 Å². The zero-order valence-corrected chi connectivity index (χ0v) is 12.8. The molecule has 0 aliphatic carbocycles. The summed E-state index contributed by atoms with van der Waals surface area (Å²) in [4.78, 5) is 14.2. The minimum atomic E-state index is -0.352. The molecule has 1 saturated heterocycles. The van der Waals surface area contributed by atoms with Gasteiger partial charge in [-0.15, -0.1) is 0 Å². The van der Waals surface area contributed by atoms with Crippen LogP contribution in [0.2, 0.25) is 0 Å². The van der Waals surface area contributed by atoms with Crippen LogP contribution in [0, 0.1) is 0 Å². The number of hydrogen-bond donors (Lipinski definition) is 1. The molecular formula is C16H24N2O3. The van der Waals surface area contributed by atoms with Gasteiger partial charge < -0.3 is 15.2 Å². The van der Waals surface area contributed by atoms with Crippen molar-refractivity contribution in [1.82, 2.24) is 4.90 Å². The van der Waals surface area contributed by atoms with Gasteiger partial charge in [0.1, 0.15) is 12.4 Å². The molecule has 1 fully saturated rings. The summed E-state index contributed by atoms with van der Waals surface area (Å²) < 4.78 is 10.9. The lowest BCUT2D eigenvalue weighted by Gasteiger charge is -2.16. The standard InChI is InChI=1S/C16H24N2O3/c1-12(2)21-16(19)13-5-6-14(17)15(11-13)20-10-9-18-7-3-4-8-18/h5-6,11-12H,3-4,7-10,17H2,1-2H3. The second-order valence-electron chi connectivity index (χ2n) is 5.60. The van der Waals surface area contributed by atoms with E-state index in [1.165, 1.54) is 12.8 Å². The summed E-state index contributed by atoms with van der Waals surface area (Å²) in [5.41, 5.74) is 6.90. The molecule has 0 bridgehead atoms. The molecule has 1 aromatic rings. The quantitative estimate of drug-likeness (QED) is 0.644. The molecule has 0 saturated carbocycles. The van der Waals surface area contributed by atoms with Gasteiger partial charge in [-0.05, 0) is 58.0 Å². The van der Waals surface area contributed by atoms with Crippen molar-refractivity contribution in [3.05, 3.63) is 23.8 Å². The van der Waals surface area contributed by atoms with E-state index in [1.54, 1.807) is 18.2 Å². The summed E-state index contributed by atoms with van der Waals surface area (Å²) in [5.74, 6) is 0.196. The number of esters is 1. The monoisotopic (exact) mass is 292 g/mol. The van der Waals surface area contributed by atoms with E-state index in [-0.39, 0.29) is 12.1 Å². The van der Waals surface area contributed by atoms with Gasteiger partial charge in [-0.3, -0.25) is 4.90 Å². The number of rotatable bonds is 6. The van der Waals surface area contributed by atoms with E-state index in [4.69, 9.17) is 15.2 Å². The first-order chi connectivity index (χ1) is 10.1. The van der Waals surface area contributed by atoms with Crippen LogP contribution >= 0.6 is 0 Å². The molecule has 116 valence electrons. The Kier molecular flexibility index (Phi) is 5.44. The summed E-state index contributed by atoms with van der Waals surface area (Å²) >= 11 is 0. The zero-order chi connectivity index (χ0) is 15.2. The highest BCUT2D eigenvalue weighted by atomic mass is 16.5. The number of nitrogens with two attached hydrogens (primary N) is 1. The maximum atomic E-state index is 11.9. The second kappa shape index (κ2) is 7.31. The minimum absolute atomic E-state index is 0.144. The van der Waals surface area contributed by atoms with Gasteiger partial charge in [-0.2, -0.15) is 0 Å². The molecule has 1 heterocycles. The first-order valence-electron chi connectivity index (χ1n) is 7.52. The van der Waals surface area contributed by atoms with Crippen molar-refractivity contribution in [3.8, 4) is 5.75 Å². The normalized spacial score (nSPS) is 15.4. The number of carbonyl (C=O) groups is 1. The Morgan fingerprint density at radius 3 is 2.71 bits per heavy atom. The van der Waals surface area contributed by atoms with Crippen molar-refractivity contribution in [2.75, 3.05) is 32.0 Å². The van der Waals surface area contributed by atoms with Crippen molar-refractivity contribution in [1.29, 1.82) is 0 Å². The van der Waals surface area contributed by atoms with E-state index in [0.29, 0.717) is 23.6 Å². The van der Waals surface area contributed by atoms with E-state index in [9.17, 15) is 4.79 Å². The zero-order valence-electron chi connectivity index (χ0n) is 12.8. The third-order valence-electron chi connectivity index (χ3n) is 3.46. The predicted octanol–water partition coefficient (Wildman–Crippen LogP) is 2.31. The smallest absolute Gasteiger partial charge is 0.338 e. The number of nitrogens with zero attached hydrogens (tertiary/aromatic N) is 1. The molecule has 5 heteroatoms. The fourth-order valence-electron chi connectivity index (χ4n) is 2.36. The van der Waals surface area contributed by atoms with Crippen molar-refractivity contribution >= 4 is 11.7 Å². The molecule has 0 atom stereocenters. The molecule has 5 nitrogen and oxygen atoms in total. The number of ether oxygens (including phenoxy) is 2. The molecule has 1 aliphatic rings. The number of carbonyl (C=O) groups excluding carboxylic acids is 1. The Labute approximate surface area is 126 Å². The Morgan fingerprint density at radius 1 is 1.33 bits per heavy atom. The van der Waals surface area contributed by atoms with Crippen LogP contribution in [0.15, 0.2) is 18.2 Å². The van der Waals surface area contributed by atoms with Crippen molar-refractivity contribution in [2.45, 2.75) is 32.8 Å². The van der Waals surface area contributed by atoms with Crippen LogP contribution in [0.25, 0.3) is 0 Å². The SMILES string of the molecule is CC(C)OC(=O)c1ccc(N)c(OCCN2CCCC2)c1. The lowest BCUT2D eigenvalue weighted by atomic mass is 10.2. The minimum Gasteiger partial charge on any atom is -0.490 e. The van der Waals surface area contributed by atoms with Crippen molar-refractivity contribution in [3.63, 3.8) is 0 Å². The summed E-state index contributed by atoms with van der Waals surface area (Å²) in [6.07, 6.45) is 2.38. The average Bonchev–Trinajstić information content (AvgIpc) is 2.93. The lowest BCUT2D eigenvalue weighted by Crippen LogP contribution is -2.25. The Bertz CT molecular complexity index is 482. The number of hydrogen-bond acceptors (Lipinski definition) is 5. The third-order valence-corrected chi connectivity index (χ3v) is 3.46. The molecular weight excluding hydrogens is 268 g/mol. The van der Waals surface area contributed by atoms with E-state index in [1.807, 2.05) is 13.8 Å². The van der Waals surface area contributed by atoms with E-state index in [0.717, 1.165) is 19.6 Å². The highest BCUT2D eigenvalue weighted by Crippen LogP contribution is 2.23. The Hall–Kier alpha value is -1.75. The van der Waals surface area contributed by atoms with E-state index in [2.05, 4.69) is 4.90 Å². The molecule has 0 radical (unpaired) electrons. The van der Waals surface area contributed by atoms with Crippen LogP contribution in [0.5, 0.6) is 5.75 Å². The average molecular weight is 292 g/mol. The van der Waals surface area contributed by atoms with Crippen LogP contribution in [0.3, 0.4) is 0 Å². The van der Waals surface area contributed by atoms with Crippen molar-refractivity contribution in [2.24, 2.45) is 0 Å². The van der Waals surface area contributed by atoms with Gasteiger partial charge in [0, 0.05) is 6.54 Å². The highest BCUT2D eigenvalue weighted by molar-refractivity contribution is 5.90. The first kappa shape index (κ1) is 15.6. The topological polar surface area (TPSA) is 64.8 Å². The van der Waals surface area contributed by atoms with Gasteiger partial charge in [-0.25, -0.2) is 4.79 Å². The molecule has 0 unspecified atom stereocenters. The fourth-order valence-corrected chi connectivity index (χ4v) is 2.36. The molecule has 0 spiro atoms. The third kappa shape index (κ3) is 4.63. The molecule has 2 N–H and O–H groups in total. The van der Waals surface area contributed by atoms with Crippen LogP contribution in [0.4, 0.5) is 5.69 Å². The van der Waals surface area contributed by atoms with Crippen LogP contribution in [0.1, 0.15) is 37.0 Å². The molecule has 0 aromatic heterocycles. The molecule has 1 aromatic carbocycles. The lowest BCUT2D eigenvalue weighted by molar-refractivity contribution is 0.0377. The van der Waals surface area contributed by atoms with E-state index < -0.39 is 0 Å². The summed E-state index contributed by atoms with van der Waals surface area (Å²) in [6, 6.07) is 5.00.